The van der Waals surface area contributed by atoms with Crippen molar-refractivity contribution in [3.8, 4) is 0 Å². The topological polar surface area (TPSA) is 43.8 Å². The lowest BCUT2D eigenvalue weighted by Gasteiger charge is -2.02. The number of aromatic nitrogens is 2. The van der Waals surface area contributed by atoms with Gasteiger partial charge in [-0.25, -0.2) is 4.98 Å². The van der Waals surface area contributed by atoms with Crippen LogP contribution in [0.5, 0.6) is 0 Å². The average Bonchev–Trinajstić information content (AvgIpc) is 2.62. The molecule has 0 saturated heterocycles. The third kappa shape index (κ3) is 1.83. The Morgan fingerprint density at radius 3 is 2.93 bits per heavy atom. The molecule has 0 radical (unpaired) electrons. The highest BCUT2D eigenvalue weighted by molar-refractivity contribution is 9.10. The van der Waals surface area contributed by atoms with E-state index in [-0.39, 0.29) is 0 Å². The molecular weight excluding hydrogens is 262 g/mol. The van der Waals surface area contributed by atoms with Crippen LogP contribution in [0.25, 0.3) is 0 Å². The van der Waals surface area contributed by atoms with Crippen molar-refractivity contribution < 1.29 is 0 Å². The van der Waals surface area contributed by atoms with Gasteiger partial charge in [0.15, 0.2) is 0 Å². The molecule has 0 aromatic carbocycles. The summed E-state index contributed by atoms with van der Waals surface area (Å²) in [6.45, 7) is 2.72. The molecule has 0 spiro atoms. The van der Waals surface area contributed by atoms with Gasteiger partial charge in [-0.3, -0.25) is 0 Å². The molecule has 0 aliphatic rings. The summed E-state index contributed by atoms with van der Waals surface area (Å²) in [5.41, 5.74) is 6.70. The van der Waals surface area contributed by atoms with E-state index in [1.807, 2.05) is 23.8 Å². The molecule has 2 rings (SSSR count). The zero-order valence-corrected chi connectivity index (χ0v) is 10.1. The summed E-state index contributed by atoms with van der Waals surface area (Å²) >= 11 is 5.20. The van der Waals surface area contributed by atoms with Crippen molar-refractivity contribution in [3.05, 3.63) is 32.7 Å². The number of hydrogen-bond acceptors (Lipinski definition) is 3. The maximum Gasteiger partial charge on any atom is 0.200 e. The first-order valence-electron chi connectivity index (χ1n) is 4.18. The van der Waals surface area contributed by atoms with Gasteiger partial charge in [-0.05, 0) is 34.3 Å². The molecule has 14 heavy (non-hydrogen) atoms. The van der Waals surface area contributed by atoms with E-state index in [4.69, 9.17) is 5.73 Å². The van der Waals surface area contributed by atoms with Gasteiger partial charge in [-0.15, -0.1) is 11.3 Å². The molecule has 0 fully saturated rings. The summed E-state index contributed by atoms with van der Waals surface area (Å²) in [6, 6.07) is 2.04. The quantitative estimate of drug-likeness (QED) is 0.913. The predicted octanol–water partition coefficient (Wildman–Crippen LogP) is 2.65. The van der Waals surface area contributed by atoms with Gasteiger partial charge in [-0.1, -0.05) is 0 Å². The second kappa shape index (κ2) is 3.74. The van der Waals surface area contributed by atoms with Crippen LogP contribution >= 0.6 is 27.3 Å². The first-order valence-corrected chi connectivity index (χ1v) is 5.85. The van der Waals surface area contributed by atoms with Crippen LogP contribution in [0, 0.1) is 6.92 Å². The van der Waals surface area contributed by atoms with Crippen molar-refractivity contribution >= 4 is 33.2 Å². The van der Waals surface area contributed by atoms with E-state index in [9.17, 15) is 0 Å². The van der Waals surface area contributed by atoms with Crippen LogP contribution in [0.2, 0.25) is 0 Å². The number of thiophene rings is 1. The molecule has 74 valence electrons. The molecule has 0 aliphatic heterocycles. The molecule has 0 atom stereocenters. The zero-order chi connectivity index (χ0) is 10.1. The Labute approximate surface area is 94.7 Å². The minimum atomic E-state index is 0.572. The predicted molar refractivity (Wildman–Crippen MR) is 62.5 cm³/mol. The highest BCUT2D eigenvalue weighted by atomic mass is 79.9. The van der Waals surface area contributed by atoms with E-state index in [1.54, 1.807) is 11.3 Å². The lowest BCUT2D eigenvalue weighted by Crippen LogP contribution is -2.02. The number of hydrogen-bond donors (Lipinski definition) is 1. The minimum absolute atomic E-state index is 0.572. The van der Waals surface area contributed by atoms with Crippen molar-refractivity contribution in [2.45, 2.75) is 13.5 Å². The summed E-state index contributed by atoms with van der Waals surface area (Å²) in [4.78, 5) is 5.41. The van der Waals surface area contributed by atoms with Crippen LogP contribution in [-0.4, -0.2) is 9.55 Å². The van der Waals surface area contributed by atoms with Crippen molar-refractivity contribution in [3.63, 3.8) is 0 Å². The number of aryl methyl sites for hydroxylation is 1. The fraction of sp³-hybridized carbons (Fsp3) is 0.222. The zero-order valence-electron chi connectivity index (χ0n) is 7.70. The summed E-state index contributed by atoms with van der Waals surface area (Å²) in [5.74, 6) is 0.572. The number of anilines is 1. The van der Waals surface area contributed by atoms with Crippen molar-refractivity contribution in [2.75, 3.05) is 5.73 Å². The molecule has 2 N–H and O–H groups in total. The van der Waals surface area contributed by atoms with Gasteiger partial charge in [0.1, 0.15) is 0 Å². The Bertz CT molecular complexity index is 447. The number of nitrogens with two attached hydrogens (primary N) is 1. The highest BCUT2D eigenvalue weighted by Gasteiger charge is 2.05. The minimum Gasteiger partial charge on any atom is -0.369 e. The van der Waals surface area contributed by atoms with E-state index in [2.05, 4.69) is 26.3 Å². The summed E-state index contributed by atoms with van der Waals surface area (Å²) in [7, 11) is 0. The van der Waals surface area contributed by atoms with Gasteiger partial charge in [0.05, 0.1) is 12.2 Å². The second-order valence-electron chi connectivity index (χ2n) is 3.06. The average molecular weight is 272 g/mol. The van der Waals surface area contributed by atoms with E-state index in [1.165, 1.54) is 4.88 Å². The Hall–Kier alpha value is -0.810. The molecule has 2 aromatic heterocycles. The Balaban J connectivity index is 2.27. The SMILES string of the molecule is Cc1cn(Cc2sccc2Br)c(N)n1. The van der Waals surface area contributed by atoms with Gasteiger partial charge in [0.2, 0.25) is 5.95 Å². The summed E-state index contributed by atoms with van der Waals surface area (Å²) < 4.78 is 3.08. The maximum absolute atomic E-state index is 5.75. The fourth-order valence-electron chi connectivity index (χ4n) is 1.28. The standard InChI is InChI=1S/C9H10BrN3S/c1-6-4-13(9(11)12-6)5-8-7(10)2-3-14-8/h2-4H,5H2,1H3,(H2,11,12). The van der Waals surface area contributed by atoms with Gasteiger partial charge >= 0.3 is 0 Å². The molecule has 0 amide bonds. The molecule has 0 saturated carbocycles. The summed E-state index contributed by atoms with van der Waals surface area (Å²) in [6.07, 6.45) is 1.96. The molecule has 3 nitrogen and oxygen atoms in total. The first-order chi connectivity index (χ1) is 6.66. The van der Waals surface area contributed by atoms with E-state index in [0.717, 1.165) is 16.7 Å². The van der Waals surface area contributed by atoms with Crippen LogP contribution in [0.1, 0.15) is 10.6 Å². The molecule has 2 heterocycles. The fourth-order valence-corrected chi connectivity index (χ4v) is 2.76. The molecule has 0 bridgehead atoms. The molecule has 5 heteroatoms. The number of halogens is 1. The molecule has 0 aliphatic carbocycles. The molecule has 2 aromatic rings. The van der Waals surface area contributed by atoms with Crippen LogP contribution in [0.4, 0.5) is 5.95 Å². The van der Waals surface area contributed by atoms with E-state index in [0.29, 0.717) is 5.95 Å². The second-order valence-corrected chi connectivity index (χ2v) is 4.92. The van der Waals surface area contributed by atoms with Gasteiger partial charge in [0.25, 0.3) is 0 Å². The lowest BCUT2D eigenvalue weighted by molar-refractivity contribution is 0.820. The number of rotatable bonds is 2. The van der Waals surface area contributed by atoms with Gasteiger partial charge < -0.3 is 10.3 Å². The van der Waals surface area contributed by atoms with Crippen LogP contribution in [-0.2, 0) is 6.54 Å². The number of nitrogens with zero attached hydrogens (tertiary/aromatic N) is 2. The van der Waals surface area contributed by atoms with E-state index < -0.39 is 0 Å². The lowest BCUT2D eigenvalue weighted by atomic mass is 10.4. The smallest absolute Gasteiger partial charge is 0.200 e. The Kier molecular flexibility index (Phi) is 2.60. The van der Waals surface area contributed by atoms with Crippen LogP contribution in [0.15, 0.2) is 22.1 Å². The largest absolute Gasteiger partial charge is 0.369 e. The maximum atomic E-state index is 5.75. The Morgan fingerprint density at radius 2 is 2.43 bits per heavy atom. The number of nitrogen functional groups attached to an aromatic ring is 1. The first kappa shape index (κ1) is 9.73. The molecule has 0 unspecified atom stereocenters. The van der Waals surface area contributed by atoms with Gasteiger partial charge in [0, 0.05) is 15.5 Å². The highest BCUT2D eigenvalue weighted by Crippen LogP contribution is 2.24. The van der Waals surface area contributed by atoms with E-state index >= 15 is 0 Å². The van der Waals surface area contributed by atoms with Gasteiger partial charge in [-0.2, -0.15) is 0 Å². The van der Waals surface area contributed by atoms with Crippen LogP contribution < -0.4 is 5.73 Å². The number of imidazole rings is 1. The third-order valence-electron chi connectivity index (χ3n) is 1.93. The van der Waals surface area contributed by atoms with Crippen molar-refractivity contribution in [2.24, 2.45) is 0 Å². The monoisotopic (exact) mass is 271 g/mol. The molecular formula is C9H10BrN3S. The normalized spacial score (nSPS) is 10.7. The van der Waals surface area contributed by atoms with Crippen LogP contribution in [0.3, 0.4) is 0 Å². The Morgan fingerprint density at radius 1 is 1.64 bits per heavy atom. The summed E-state index contributed by atoms with van der Waals surface area (Å²) in [5, 5.41) is 2.05. The third-order valence-corrected chi connectivity index (χ3v) is 3.84. The van der Waals surface area contributed by atoms with Crippen molar-refractivity contribution in [1.29, 1.82) is 0 Å². The van der Waals surface area contributed by atoms with Crippen molar-refractivity contribution in [1.82, 2.24) is 9.55 Å².